The van der Waals surface area contributed by atoms with Crippen LogP contribution in [-0.4, -0.2) is 77.5 Å². The summed E-state index contributed by atoms with van der Waals surface area (Å²) in [4.78, 5) is 46.5. The molecule has 2 N–H and O–H groups in total. The van der Waals surface area contributed by atoms with Crippen LogP contribution in [0.2, 0.25) is 0 Å². The van der Waals surface area contributed by atoms with E-state index in [1.807, 2.05) is 43.3 Å². The number of carbonyl (C=O) groups excluding carboxylic acids is 3. The Morgan fingerprint density at radius 2 is 1.83 bits per heavy atom. The number of likely N-dealkylation sites (tertiary alicyclic amines) is 2. The molecule has 0 radical (unpaired) electrons. The molecule has 8 nitrogen and oxygen atoms in total. The highest BCUT2D eigenvalue weighted by Gasteiger charge is 2.72. The van der Waals surface area contributed by atoms with Crippen molar-refractivity contribution in [3.05, 3.63) is 42.0 Å². The summed E-state index contributed by atoms with van der Waals surface area (Å²) < 4.78 is 6.55. The Hall–Kier alpha value is -2.71. The zero-order chi connectivity index (χ0) is 29.6. The first-order valence-corrected chi connectivity index (χ1v) is 16.3. The fraction of sp³-hybridized carbons (Fsp3) is 0.676. The topological polar surface area (TPSA) is 91.0 Å². The van der Waals surface area contributed by atoms with Gasteiger partial charge in [0.2, 0.25) is 17.7 Å². The molecule has 1 spiro atoms. The molecule has 0 aromatic heterocycles. The van der Waals surface area contributed by atoms with Gasteiger partial charge < -0.3 is 25.2 Å². The van der Waals surface area contributed by atoms with Gasteiger partial charge in [-0.25, -0.2) is 0 Å². The summed E-state index contributed by atoms with van der Waals surface area (Å²) in [5.41, 5.74) is 0.626. The van der Waals surface area contributed by atoms with Gasteiger partial charge in [0.15, 0.2) is 0 Å². The molecule has 4 aliphatic heterocycles. The van der Waals surface area contributed by atoms with Crippen molar-refractivity contribution >= 4 is 23.4 Å². The molecular formula is C34H48N4O4. The van der Waals surface area contributed by atoms with Gasteiger partial charge >= 0.3 is 0 Å². The quantitative estimate of drug-likeness (QED) is 0.454. The van der Waals surface area contributed by atoms with Crippen LogP contribution in [0.1, 0.15) is 64.9 Å². The van der Waals surface area contributed by atoms with Gasteiger partial charge in [0.25, 0.3) is 0 Å². The van der Waals surface area contributed by atoms with E-state index < -0.39 is 29.6 Å². The van der Waals surface area contributed by atoms with Crippen LogP contribution in [-0.2, 0) is 19.1 Å². The summed E-state index contributed by atoms with van der Waals surface area (Å²) in [7, 11) is 0. The number of ether oxygens (including phenoxy) is 1. The Morgan fingerprint density at radius 1 is 1.05 bits per heavy atom. The third-order valence-corrected chi connectivity index (χ3v) is 11.0. The largest absolute Gasteiger partial charge is 0.359 e. The summed E-state index contributed by atoms with van der Waals surface area (Å²) in [6.45, 7) is 12.3. The van der Waals surface area contributed by atoms with Crippen LogP contribution < -0.4 is 10.6 Å². The second-order valence-corrected chi connectivity index (χ2v) is 13.9. The van der Waals surface area contributed by atoms with Crippen LogP contribution in [0, 0.1) is 36.5 Å². The zero-order valence-corrected chi connectivity index (χ0v) is 25.7. The number of anilines is 1. The Morgan fingerprint density at radius 3 is 2.60 bits per heavy atom. The average molecular weight is 577 g/mol. The summed E-state index contributed by atoms with van der Waals surface area (Å²) in [6.07, 6.45) is 9.70. The number of aryl methyl sites for hydroxylation is 1. The lowest BCUT2D eigenvalue weighted by Gasteiger charge is -2.38. The molecule has 3 saturated heterocycles. The van der Waals surface area contributed by atoms with Crippen LogP contribution in [0.5, 0.6) is 0 Å². The molecule has 42 heavy (non-hydrogen) atoms. The van der Waals surface area contributed by atoms with Crippen LogP contribution in [0.4, 0.5) is 5.69 Å². The Bertz CT molecular complexity index is 1230. The predicted octanol–water partition coefficient (Wildman–Crippen LogP) is 4.15. The Labute approximate surface area is 250 Å². The second-order valence-electron chi connectivity index (χ2n) is 13.9. The van der Waals surface area contributed by atoms with Crippen molar-refractivity contribution < 1.29 is 19.1 Å². The lowest BCUT2D eigenvalue weighted by atomic mass is 9.73. The monoisotopic (exact) mass is 576 g/mol. The predicted molar refractivity (Wildman–Crippen MR) is 163 cm³/mol. The molecule has 5 aliphatic rings. The van der Waals surface area contributed by atoms with Crippen molar-refractivity contribution in [2.24, 2.45) is 29.6 Å². The standard InChI is InChI=1S/C34H48N4O4/c1-21-13-18-37(19-14-21)16-7-17-38-30(32(40)36-26-11-6-9-23(3)24(26)4)34-15-12-27(42-34)28(29(34)33(38)41)31(39)35-25-10-5-8-22(2)20-25/h5,8,10,12,15,20-21,23-24,26-30H,6-7,9,11,13-14,16-19H2,1-4H3,(H,35,39)(H,36,40)/t23-,24-,26-,27+,28-,29+,30+,34+/m1/s1. The summed E-state index contributed by atoms with van der Waals surface area (Å²) in [5, 5.41) is 6.39. The number of carbonyl (C=O) groups is 3. The number of piperidine rings is 1. The van der Waals surface area contributed by atoms with Crippen molar-refractivity contribution in [1.82, 2.24) is 15.1 Å². The molecule has 1 aromatic carbocycles. The number of nitrogens with zero attached hydrogens (tertiary/aromatic N) is 2. The molecule has 1 aromatic rings. The van der Waals surface area contributed by atoms with E-state index in [9.17, 15) is 14.4 Å². The highest BCUT2D eigenvalue weighted by molar-refractivity contribution is 6.02. The van der Waals surface area contributed by atoms with Gasteiger partial charge in [-0.2, -0.15) is 0 Å². The number of fused-ring (bicyclic) bond motifs is 1. The highest BCUT2D eigenvalue weighted by Crippen LogP contribution is 2.55. The van der Waals surface area contributed by atoms with E-state index in [0.717, 1.165) is 50.4 Å². The minimum Gasteiger partial charge on any atom is -0.359 e. The lowest BCUT2D eigenvalue weighted by Crippen LogP contribution is -2.58. The van der Waals surface area contributed by atoms with Gasteiger partial charge in [0.05, 0.1) is 17.9 Å². The maximum Gasteiger partial charge on any atom is 0.246 e. The second kappa shape index (κ2) is 11.8. The van der Waals surface area contributed by atoms with Gasteiger partial charge in [-0.1, -0.05) is 57.9 Å². The Balaban J connectivity index is 1.24. The lowest BCUT2D eigenvalue weighted by molar-refractivity contribution is -0.141. The maximum absolute atomic E-state index is 14.3. The molecule has 228 valence electrons. The number of rotatable bonds is 8. The van der Waals surface area contributed by atoms with E-state index in [0.29, 0.717) is 24.1 Å². The van der Waals surface area contributed by atoms with Gasteiger partial charge in [0.1, 0.15) is 11.6 Å². The highest BCUT2D eigenvalue weighted by atomic mass is 16.5. The zero-order valence-electron chi connectivity index (χ0n) is 25.7. The van der Waals surface area contributed by atoms with Gasteiger partial charge in [-0.3, -0.25) is 14.4 Å². The van der Waals surface area contributed by atoms with Crippen molar-refractivity contribution in [1.29, 1.82) is 0 Å². The first kappa shape index (κ1) is 29.4. The first-order valence-electron chi connectivity index (χ1n) is 16.3. The summed E-state index contributed by atoms with van der Waals surface area (Å²) in [5.74, 6) is -0.234. The van der Waals surface area contributed by atoms with Crippen LogP contribution in [0.3, 0.4) is 0 Å². The fourth-order valence-electron chi connectivity index (χ4n) is 8.25. The molecule has 3 amide bonds. The molecule has 8 atom stereocenters. The van der Waals surface area contributed by atoms with E-state index in [1.54, 1.807) is 4.90 Å². The molecule has 4 heterocycles. The number of amides is 3. The number of hydrogen-bond acceptors (Lipinski definition) is 5. The fourth-order valence-corrected chi connectivity index (χ4v) is 8.25. The van der Waals surface area contributed by atoms with Gasteiger partial charge in [-0.05, 0) is 87.7 Å². The summed E-state index contributed by atoms with van der Waals surface area (Å²) in [6, 6.07) is 6.96. The molecule has 6 rings (SSSR count). The van der Waals surface area contributed by atoms with Crippen molar-refractivity contribution in [2.75, 3.05) is 31.5 Å². The van der Waals surface area contributed by atoms with E-state index in [-0.39, 0.29) is 23.8 Å². The molecule has 2 bridgehead atoms. The number of hydrogen-bond donors (Lipinski definition) is 2. The SMILES string of the molecule is Cc1cccc(NC(=O)[C@@H]2[C@@H]3C=C[C@]4(O3)[C@@H]2C(=O)N(CCCN2CCC(C)CC2)[C@H]4C(=O)N[C@@H]2CCC[C@@H](C)[C@H]2C)c1. The van der Waals surface area contributed by atoms with E-state index in [4.69, 9.17) is 4.74 Å². The average Bonchev–Trinajstić information content (AvgIpc) is 3.60. The van der Waals surface area contributed by atoms with E-state index >= 15 is 0 Å². The molecule has 4 fully saturated rings. The summed E-state index contributed by atoms with van der Waals surface area (Å²) >= 11 is 0. The van der Waals surface area contributed by atoms with Crippen molar-refractivity contribution in [2.45, 2.75) is 90.0 Å². The third kappa shape index (κ3) is 5.30. The van der Waals surface area contributed by atoms with E-state index in [2.05, 4.69) is 36.3 Å². The van der Waals surface area contributed by atoms with Crippen molar-refractivity contribution in [3.8, 4) is 0 Å². The first-order chi connectivity index (χ1) is 20.2. The Kier molecular flexibility index (Phi) is 8.22. The molecule has 1 saturated carbocycles. The third-order valence-electron chi connectivity index (χ3n) is 11.0. The molecule has 1 aliphatic carbocycles. The molecular weight excluding hydrogens is 528 g/mol. The van der Waals surface area contributed by atoms with Crippen LogP contribution in [0.25, 0.3) is 0 Å². The minimum absolute atomic E-state index is 0.0759. The molecule has 8 heteroatoms. The maximum atomic E-state index is 14.3. The van der Waals surface area contributed by atoms with E-state index in [1.165, 1.54) is 19.3 Å². The minimum atomic E-state index is -1.12. The van der Waals surface area contributed by atoms with Gasteiger partial charge in [0, 0.05) is 18.3 Å². The number of nitrogens with one attached hydrogen (secondary N) is 2. The van der Waals surface area contributed by atoms with Crippen molar-refractivity contribution in [3.63, 3.8) is 0 Å². The van der Waals surface area contributed by atoms with Gasteiger partial charge in [-0.15, -0.1) is 0 Å². The number of benzene rings is 1. The normalized spacial score (nSPS) is 36.3. The molecule has 0 unspecified atom stereocenters. The smallest absolute Gasteiger partial charge is 0.246 e. The van der Waals surface area contributed by atoms with Crippen LogP contribution in [0.15, 0.2) is 36.4 Å². The van der Waals surface area contributed by atoms with Crippen LogP contribution >= 0.6 is 0 Å².